The van der Waals surface area contributed by atoms with Crippen molar-refractivity contribution in [3.8, 4) is 5.75 Å². The number of halogens is 1. The highest BCUT2D eigenvalue weighted by Crippen LogP contribution is 2.38. The number of carbonyl (C=O) groups is 2. The number of likely N-dealkylation sites (tertiary alicyclic amines) is 1. The molecule has 1 heterocycles. The van der Waals surface area contributed by atoms with Crippen molar-refractivity contribution in [2.75, 3.05) is 13.7 Å². The van der Waals surface area contributed by atoms with Gasteiger partial charge in [-0.2, -0.15) is 0 Å². The molecule has 0 saturated carbocycles. The zero-order valence-electron chi connectivity index (χ0n) is 17.0. The number of hydrogen-bond donors (Lipinski definition) is 0. The Balaban J connectivity index is 1.55. The zero-order valence-corrected chi connectivity index (χ0v) is 17.0. The molecule has 3 aromatic rings. The minimum absolute atomic E-state index is 0.104. The Morgan fingerprint density at radius 3 is 2.29 bits per heavy atom. The van der Waals surface area contributed by atoms with E-state index < -0.39 is 12.1 Å². The summed E-state index contributed by atoms with van der Waals surface area (Å²) in [4.78, 5) is 26.4. The molecule has 1 amide bonds. The lowest BCUT2D eigenvalue weighted by Crippen LogP contribution is -2.61. The van der Waals surface area contributed by atoms with E-state index in [1.165, 1.54) is 19.2 Å². The van der Waals surface area contributed by atoms with Crippen molar-refractivity contribution < 1.29 is 23.5 Å². The van der Waals surface area contributed by atoms with Crippen LogP contribution in [0.1, 0.15) is 27.5 Å². The van der Waals surface area contributed by atoms with Gasteiger partial charge in [-0.1, -0.05) is 42.5 Å². The van der Waals surface area contributed by atoms with Crippen LogP contribution in [-0.2, 0) is 16.0 Å². The molecule has 31 heavy (non-hydrogen) atoms. The molecule has 1 aliphatic rings. The van der Waals surface area contributed by atoms with Gasteiger partial charge in [0, 0.05) is 6.54 Å². The number of para-hydroxylation sites is 1. The lowest BCUT2D eigenvalue weighted by molar-refractivity contribution is -0.164. The molecule has 0 aliphatic carbocycles. The maximum Gasteiger partial charge on any atom is 0.337 e. The summed E-state index contributed by atoms with van der Waals surface area (Å²) in [6, 6.07) is 22.2. The molecule has 0 bridgehead atoms. The van der Waals surface area contributed by atoms with E-state index in [2.05, 4.69) is 0 Å². The van der Waals surface area contributed by atoms with Gasteiger partial charge in [-0.25, -0.2) is 9.18 Å². The van der Waals surface area contributed by atoms with Crippen molar-refractivity contribution in [2.24, 2.45) is 0 Å². The van der Waals surface area contributed by atoms with Crippen molar-refractivity contribution in [1.29, 1.82) is 0 Å². The van der Waals surface area contributed by atoms with E-state index in [-0.39, 0.29) is 17.8 Å². The summed E-state index contributed by atoms with van der Waals surface area (Å²) in [5.74, 6) is -0.187. The standard InChI is InChI=1S/C25H22FNO4/c1-30-25(29)19-11-9-18(10-12-19)22-23(31-21-5-3-2-4-6-21)24(28)27(22)16-15-17-7-13-20(26)14-8-17/h2-14,22-23H,15-16H2,1H3/t22-,23-/m0/s1. The molecular weight excluding hydrogens is 397 g/mol. The van der Waals surface area contributed by atoms with Crippen molar-refractivity contribution in [1.82, 2.24) is 4.90 Å². The van der Waals surface area contributed by atoms with Crippen LogP contribution in [0.15, 0.2) is 78.9 Å². The smallest absolute Gasteiger partial charge is 0.337 e. The SMILES string of the molecule is COC(=O)c1ccc([C@H]2[C@H](Oc3ccccc3)C(=O)N2CCc2ccc(F)cc2)cc1. The number of hydrogen-bond acceptors (Lipinski definition) is 4. The number of benzene rings is 3. The van der Waals surface area contributed by atoms with Gasteiger partial charge in [-0.15, -0.1) is 0 Å². The first-order chi connectivity index (χ1) is 15.1. The highest BCUT2D eigenvalue weighted by Gasteiger charge is 2.49. The van der Waals surface area contributed by atoms with Gasteiger partial charge in [-0.05, 0) is 53.9 Å². The van der Waals surface area contributed by atoms with Crippen LogP contribution in [0.2, 0.25) is 0 Å². The lowest BCUT2D eigenvalue weighted by Gasteiger charge is -2.47. The number of methoxy groups -OCH3 is 1. The fraction of sp³-hybridized carbons (Fsp3) is 0.200. The average Bonchev–Trinajstić information content (AvgIpc) is 2.81. The fourth-order valence-corrected chi connectivity index (χ4v) is 3.72. The molecule has 4 rings (SSSR count). The summed E-state index contributed by atoms with van der Waals surface area (Å²) in [6.07, 6.45) is -0.0551. The molecule has 158 valence electrons. The monoisotopic (exact) mass is 419 g/mol. The topological polar surface area (TPSA) is 55.8 Å². The number of rotatable bonds is 7. The molecule has 1 fully saturated rings. The average molecular weight is 419 g/mol. The van der Waals surface area contributed by atoms with Crippen molar-refractivity contribution in [2.45, 2.75) is 18.6 Å². The van der Waals surface area contributed by atoms with E-state index in [1.807, 2.05) is 42.5 Å². The maximum atomic E-state index is 13.2. The fourth-order valence-electron chi connectivity index (χ4n) is 3.72. The first-order valence-corrected chi connectivity index (χ1v) is 10.0. The minimum atomic E-state index is -0.653. The molecule has 1 aliphatic heterocycles. The van der Waals surface area contributed by atoms with Gasteiger partial charge < -0.3 is 14.4 Å². The van der Waals surface area contributed by atoms with Crippen molar-refractivity contribution in [3.63, 3.8) is 0 Å². The van der Waals surface area contributed by atoms with Gasteiger partial charge in [0.15, 0.2) is 0 Å². The summed E-state index contributed by atoms with van der Waals surface area (Å²) in [6.45, 7) is 0.475. The second kappa shape index (κ2) is 9.00. The Labute approximate surface area is 180 Å². The van der Waals surface area contributed by atoms with Gasteiger partial charge in [-0.3, -0.25) is 4.79 Å². The predicted octanol–water partition coefficient (Wildman–Crippen LogP) is 4.19. The number of ether oxygens (including phenoxy) is 2. The molecule has 0 radical (unpaired) electrons. The molecular formula is C25H22FNO4. The largest absolute Gasteiger partial charge is 0.478 e. The van der Waals surface area contributed by atoms with Crippen molar-refractivity contribution >= 4 is 11.9 Å². The van der Waals surface area contributed by atoms with Crippen LogP contribution >= 0.6 is 0 Å². The third-order valence-electron chi connectivity index (χ3n) is 5.38. The van der Waals surface area contributed by atoms with Crippen LogP contribution in [0.3, 0.4) is 0 Å². The van der Waals surface area contributed by atoms with Crippen LogP contribution in [0.4, 0.5) is 4.39 Å². The summed E-state index contributed by atoms with van der Waals surface area (Å²) >= 11 is 0. The zero-order chi connectivity index (χ0) is 21.8. The van der Waals surface area contributed by atoms with Crippen molar-refractivity contribution in [3.05, 3.63) is 101 Å². The quantitative estimate of drug-likeness (QED) is 0.426. The number of β-lactam (4-membered cyclic amide) rings is 1. The van der Waals surface area contributed by atoms with E-state index in [4.69, 9.17) is 9.47 Å². The summed E-state index contributed by atoms with van der Waals surface area (Å²) in [5.41, 5.74) is 2.25. The van der Waals surface area contributed by atoms with Crippen LogP contribution in [0.25, 0.3) is 0 Å². The molecule has 0 unspecified atom stereocenters. The first kappa shape index (κ1) is 20.6. The van der Waals surface area contributed by atoms with E-state index in [1.54, 1.807) is 29.2 Å². The van der Waals surface area contributed by atoms with Gasteiger partial charge >= 0.3 is 5.97 Å². The van der Waals surface area contributed by atoms with E-state index in [0.717, 1.165) is 11.1 Å². The minimum Gasteiger partial charge on any atom is -0.478 e. The van der Waals surface area contributed by atoms with Crippen LogP contribution in [0.5, 0.6) is 5.75 Å². The Morgan fingerprint density at radius 2 is 1.65 bits per heavy atom. The maximum absolute atomic E-state index is 13.2. The number of esters is 1. The van der Waals surface area contributed by atoms with Crippen LogP contribution < -0.4 is 4.74 Å². The summed E-state index contributed by atoms with van der Waals surface area (Å²) in [5, 5.41) is 0. The molecule has 0 spiro atoms. The summed E-state index contributed by atoms with van der Waals surface area (Å²) in [7, 11) is 1.34. The third kappa shape index (κ3) is 4.43. The molecule has 5 nitrogen and oxygen atoms in total. The van der Waals surface area contributed by atoms with Gasteiger partial charge in [0.25, 0.3) is 5.91 Å². The Bertz CT molecular complexity index is 1050. The molecule has 0 N–H and O–H groups in total. The lowest BCUT2D eigenvalue weighted by atomic mass is 9.89. The Kier molecular flexibility index (Phi) is 5.98. The third-order valence-corrected chi connectivity index (χ3v) is 5.38. The molecule has 0 aromatic heterocycles. The highest BCUT2D eigenvalue weighted by atomic mass is 19.1. The van der Waals surface area contributed by atoms with Crippen LogP contribution in [-0.4, -0.2) is 36.5 Å². The molecule has 1 saturated heterocycles. The number of nitrogens with zero attached hydrogens (tertiary/aromatic N) is 1. The Morgan fingerprint density at radius 1 is 0.968 bits per heavy atom. The second-order valence-electron chi connectivity index (χ2n) is 7.32. The molecule has 3 aromatic carbocycles. The second-order valence-corrected chi connectivity index (χ2v) is 7.32. The Hall–Kier alpha value is -3.67. The van der Waals surface area contributed by atoms with E-state index in [0.29, 0.717) is 24.3 Å². The van der Waals surface area contributed by atoms with E-state index in [9.17, 15) is 14.0 Å². The van der Waals surface area contributed by atoms with Gasteiger partial charge in [0.1, 0.15) is 17.6 Å². The van der Waals surface area contributed by atoms with E-state index >= 15 is 0 Å². The normalized spacial score (nSPS) is 17.7. The first-order valence-electron chi connectivity index (χ1n) is 10.0. The van der Waals surface area contributed by atoms with Gasteiger partial charge in [0.2, 0.25) is 6.10 Å². The molecule has 6 heteroatoms. The van der Waals surface area contributed by atoms with Gasteiger partial charge in [0.05, 0.1) is 12.7 Å². The summed E-state index contributed by atoms with van der Waals surface area (Å²) < 4.78 is 23.9. The predicted molar refractivity (Wildman–Crippen MR) is 113 cm³/mol. The molecule has 2 atom stereocenters. The number of carbonyl (C=O) groups excluding carboxylic acids is 2. The number of amides is 1. The highest BCUT2D eigenvalue weighted by molar-refractivity contribution is 5.90. The van der Waals surface area contributed by atoms with Crippen LogP contribution in [0, 0.1) is 5.82 Å².